The molecule has 1 aromatic heterocycles. The van der Waals surface area contributed by atoms with Crippen molar-refractivity contribution in [2.75, 3.05) is 0 Å². The molecule has 0 fully saturated rings. The van der Waals surface area contributed by atoms with Gasteiger partial charge in [0.25, 0.3) is 5.56 Å². The van der Waals surface area contributed by atoms with Crippen LogP contribution >= 0.6 is 11.6 Å². The number of rotatable bonds is 1. The number of nitrogens with zero attached hydrogens (tertiary/aromatic N) is 1. The summed E-state index contributed by atoms with van der Waals surface area (Å²) < 4.78 is 28.9. The molecule has 2 aromatic carbocycles. The Bertz CT molecular complexity index is 898. The number of halogens is 3. The van der Waals surface area contributed by atoms with Crippen LogP contribution in [0.2, 0.25) is 5.02 Å². The lowest BCUT2D eigenvalue weighted by Crippen LogP contribution is -2.23. The van der Waals surface area contributed by atoms with Crippen molar-refractivity contribution in [1.82, 2.24) is 4.57 Å². The van der Waals surface area contributed by atoms with Crippen LogP contribution in [0.15, 0.2) is 47.3 Å². The number of benzene rings is 2. The van der Waals surface area contributed by atoms with Gasteiger partial charge < -0.3 is 0 Å². The summed E-state index contributed by atoms with van der Waals surface area (Å²) in [6, 6.07) is 10.2. The minimum atomic E-state index is -0.799. The zero-order valence-electron chi connectivity index (χ0n) is 11.0. The Kier molecular flexibility index (Phi) is 3.26. The predicted octanol–water partition coefficient (Wildman–Crippen LogP) is 4.23. The fraction of sp³-hybridized carbons (Fsp3) is 0.0625. The Hall–Kier alpha value is -2.20. The van der Waals surface area contributed by atoms with Crippen molar-refractivity contribution in [1.29, 1.82) is 0 Å². The van der Waals surface area contributed by atoms with E-state index in [9.17, 15) is 13.6 Å². The Morgan fingerprint density at radius 2 is 1.67 bits per heavy atom. The molecule has 3 aromatic rings. The summed E-state index contributed by atoms with van der Waals surface area (Å²) in [7, 11) is 0. The molecule has 21 heavy (non-hydrogen) atoms. The van der Waals surface area contributed by atoms with E-state index in [1.807, 2.05) is 0 Å². The summed E-state index contributed by atoms with van der Waals surface area (Å²) >= 11 is 6.05. The first kappa shape index (κ1) is 13.8. The highest BCUT2D eigenvalue weighted by Gasteiger charge is 2.17. The number of hydrogen-bond donors (Lipinski definition) is 0. The largest absolute Gasteiger partial charge is 0.275 e. The second-order valence-corrected chi connectivity index (χ2v) is 5.11. The molecule has 0 radical (unpaired) electrons. The van der Waals surface area contributed by atoms with Crippen LogP contribution in [-0.4, -0.2) is 4.57 Å². The maximum Gasteiger partial charge on any atom is 0.264 e. The number of aryl methyl sites for hydroxylation is 1. The molecule has 0 saturated heterocycles. The molecule has 0 spiro atoms. The maximum atomic E-state index is 14.0. The van der Waals surface area contributed by atoms with Crippen molar-refractivity contribution in [2.45, 2.75) is 6.92 Å². The van der Waals surface area contributed by atoms with Crippen molar-refractivity contribution < 1.29 is 8.78 Å². The first-order chi connectivity index (χ1) is 10.0. The highest BCUT2D eigenvalue weighted by atomic mass is 35.5. The molecular weight excluding hydrogens is 296 g/mol. The van der Waals surface area contributed by atoms with Crippen LogP contribution in [0, 0.1) is 18.6 Å². The van der Waals surface area contributed by atoms with Gasteiger partial charge in [-0.2, -0.15) is 0 Å². The zero-order chi connectivity index (χ0) is 15.1. The van der Waals surface area contributed by atoms with E-state index < -0.39 is 17.2 Å². The minimum Gasteiger partial charge on any atom is -0.275 e. The molecule has 0 amide bonds. The van der Waals surface area contributed by atoms with Crippen molar-refractivity contribution in [3.63, 3.8) is 0 Å². The highest BCUT2D eigenvalue weighted by Crippen LogP contribution is 2.24. The number of pyridine rings is 1. The Balaban J connectivity index is 2.50. The molecule has 0 saturated carbocycles. The minimum absolute atomic E-state index is 0.243. The second-order valence-electron chi connectivity index (χ2n) is 4.70. The Morgan fingerprint density at radius 1 is 1.05 bits per heavy atom. The summed E-state index contributed by atoms with van der Waals surface area (Å²) in [5.41, 5.74) is -0.500. The maximum absolute atomic E-state index is 14.0. The lowest BCUT2D eigenvalue weighted by molar-refractivity contribution is 0.565. The zero-order valence-corrected chi connectivity index (χ0v) is 11.8. The third-order valence-electron chi connectivity index (χ3n) is 3.34. The molecule has 5 heteroatoms. The molecule has 106 valence electrons. The average molecular weight is 306 g/mol. The van der Waals surface area contributed by atoms with Gasteiger partial charge in [0.1, 0.15) is 17.3 Å². The molecule has 0 atom stereocenters. The van der Waals surface area contributed by atoms with Crippen molar-refractivity contribution >= 4 is 22.4 Å². The van der Waals surface area contributed by atoms with Gasteiger partial charge >= 0.3 is 0 Å². The van der Waals surface area contributed by atoms with Crippen molar-refractivity contribution in [2.24, 2.45) is 0 Å². The van der Waals surface area contributed by atoms with Crippen LogP contribution in [-0.2, 0) is 0 Å². The van der Waals surface area contributed by atoms with Crippen molar-refractivity contribution in [3.8, 4) is 5.69 Å². The SMILES string of the molecule is Cc1cc2cccc(Cl)c2c(=O)n1-c1c(F)cccc1F. The average Bonchev–Trinajstić information content (AvgIpc) is 2.41. The number of aromatic nitrogens is 1. The first-order valence-corrected chi connectivity index (χ1v) is 6.64. The normalized spacial score (nSPS) is 11.0. The van der Waals surface area contributed by atoms with E-state index in [-0.39, 0.29) is 16.1 Å². The summed E-state index contributed by atoms with van der Waals surface area (Å²) in [6.45, 7) is 1.62. The van der Waals surface area contributed by atoms with E-state index in [4.69, 9.17) is 11.6 Å². The molecule has 0 aliphatic rings. The standard InChI is InChI=1S/C16H10ClF2NO/c1-9-8-10-4-2-5-11(17)14(10)16(21)20(9)15-12(18)6-3-7-13(15)19/h2-8H,1H3. The molecule has 1 heterocycles. The van der Waals surface area contributed by atoms with Crippen LogP contribution in [0.3, 0.4) is 0 Å². The summed E-state index contributed by atoms with van der Waals surface area (Å²) in [4.78, 5) is 12.6. The quantitative estimate of drug-likeness (QED) is 0.659. The van der Waals surface area contributed by atoms with E-state index in [0.29, 0.717) is 11.1 Å². The van der Waals surface area contributed by atoms with Gasteiger partial charge in [0.05, 0.1) is 10.4 Å². The molecule has 3 rings (SSSR count). The smallest absolute Gasteiger partial charge is 0.264 e. The monoisotopic (exact) mass is 305 g/mol. The number of hydrogen-bond acceptors (Lipinski definition) is 1. The predicted molar refractivity (Wildman–Crippen MR) is 79.2 cm³/mol. The second kappa shape index (κ2) is 4.97. The highest BCUT2D eigenvalue weighted by molar-refractivity contribution is 6.35. The summed E-state index contributed by atoms with van der Waals surface area (Å²) in [5, 5.41) is 1.13. The molecular formula is C16H10ClF2NO. The van der Waals surface area contributed by atoms with Gasteiger partial charge in [-0.25, -0.2) is 8.78 Å². The topological polar surface area (TPSA) is 22.0 Å². The first-order valence-electron chi connectivity index (χ1n) is 6.26. The lowest BCUT2D eigenvalue weighted by Gasteiger charge is -2.13. The Labute approximate surface area is 124 Å². The van der Waals surface area contributed by atoms with Gasteiger partial charge in [0.2, 0.25) is 0 Å². The van der Waals surface area contributed by atoms with Crippen LogP contribution in [0.5, 0.6) is 0 Å². The third-order valence-corrected chi connectivity index (χ3v) is 3.66. The molecule has 2 nitrogen and oxygen atoms in total. The molecule has 0 aliphatic carbocycles. The van der Waals surface area contributed by atoms with Crippen LogP contribution in [0.4, 0.5) is 8.78 Å². The van der Waals surface area contributed by atoms with Gasteiger partial charge in [-0.05, 0) is 36.6 Å². The van der Waals surface area contributed by atoms with E-state index in [1.54, 1.807) is 31.2 Å². The van der Waals surface area contributed by atoms with Gasteiger partial charge in [-0.3, -0.25) is 9.36 Å². The Morgan fingerprint density at radius 3 is 2.33 bits per heavy atom. The van der Waals surface area contributed by atoms with E-state index in [1.165, 1.54) is 6.07 Å². The van der Waals surface area contributed by atoms with E-state index in [2.05, 4.69) is 0 Å². The van der Waals surface area contributed by atoms with Crippen LogP contribution in [0.1, 0.15) is 5.69 Å². The number of para-hydroxylation sites is 1. The lowest BCUT2D eigenvalue weighted by atomic mass is 10.1. The van der Waals surface area contributed by atoms with E-state index >= 15 is 0 Å². The van der Waals surface area contributed by atoms with E-state index in [0.717, 1.165) is 16.7 Å². The van der Waals surface area contributed by atoms with Gasteiger partial charge in [-0.15, -0.1) is 0 Å². The molecule has 0 aliphatic heterocycles. The molecule has 0 bridgehead atoms. The fourth-order valence-electron chi connectivity index (χ4n) is 2.43. The third kappa shape index (κ3) is 2.12. The van der Waals surface area contributed by atoms with Crippen LogP contribution < -0.4 is 5.56 Å². The van der Waals surface area contributed by atoms with Gasteiger partial charge in [0, 0.05) is 5.69 Å². The van der Waals surface area contributed by atoms with Gasteiger partial charge in [-0.1, -0.05) is 29.8 Å². The fourth-order valence-corrected chi connectivity index (χ4v) is 2.69. The molecule has 0 N–H and O–H groups in total. The molecule has 0 unspecified atom stereocenters. The summed E-state index contributed by atoms with van der Waals surface area (Å²) in [5.74, 6) is -1.60. The number of fused-ring (bicyclic) bond motifs is 1. The summed E-state index contributed by atoms with van der Waals surface area (Å²) in [6.07, 6.45) is 0. The van der Waals surface area contributed by atoms with Gasteiger partial charge in [0.15, 0.2) is 0 Å². The van der Waals surface area contributed by atoms with Crippen LogP contribution in [0.25, 0.3) is 16.5 Å². The van der Waals surface area contributed by atoms with Crippen molar-refractivity contribution in [3.05, 3.63) is 75.2 Å².